The van der Waals surface area contributed by atoms with E-state index in [4.69, 9.17) is 0 Å². The molecule has 1 unspecified atom stereocenters. The van der Waals surface area contributed by atoms with Crippen molar-refractivity contribution in [3.8, 4) is 0 Å². The second kappa shape index (κ2) is 5.56. The van der Waals surface area contributed by atoms with Gasteiger partial charge >= 0.3 is 0 Å². The highest BCUT2D eigenvalue weighted by molar-refractivity contribution is 7.58. The molecule has 0 nitrogen and oxygen atoms in total. The van der Waals surface area contributed by atoms with Gasteiger partial charge in [0.15, 0.2) is 0 Å². The smallest absolute Gasteiger partial charge is 0.0289 e. The molecule has 0 aliphatic rings. The summed E-state index contributed by atoms with van der Waals surface area (Å²) >= 11 is 0. The Morgan fingerprint density at radius 3 is 2.38 bits per heavy atom. The molecule has 1 radical (unpaired) electrons. The summed E-state index contributed by atoms with van der Waals surface area (Å²) in [5, 5.41) is 0. The average Bonchev–Trinajstić information content (AvgIpc) is 1.66. The quantitative estimate of drug-likeness (QED) is 0.406. The number of unbranched alkanes of at least 4 members (excludes halogenated alkanes) is 2. The van der Waals surface area contributed by atoms with Crippen LogP contribution >= 0.6 is 7.92 Å². The van der Waals surface area contributed by atoms with Crippen molar-refractivity contribution in [2.45, 2.75) is 26.2 Å². The van der Waals surface area contributed by atoms with Gasteiger partial charge in [0.25, 0.3) is 0 Å². The molecule has 0 rings (SSSR count). The fourth-order valence-corrected chi connectivity index (χ4v) is 1.40. The molecule has 0 bridgehead atoms. The first kappa shape index (κ1) is 8.43. The molecule has 0 aromatic carbocycles. The van der Waals surface area contributed by atoms with Gasteiger partial charge in [-0.2, -0.15) is 0 Å². The van der Waals surface area contributed by atoms with Crippen molar-refractivity contribution >= 4 is 7.92 Å². The lowest BCUT2D eigenvalue weighted by Gasteiger charge is -2.01. The maximum Gasteiger partial charge on any atom is -0.0289 e. The third-order valence-corrected chi connectivity index (χ3v) is 2.22. The largest absolute Gasteiger partial charge is 0.110 e. The Morgan fingerprint density at radius 1 is 1.38 bits per heavy atom. The van der Waals surface area contributed by atoms with Gasteiger partial charge in [-0.05, 0) is 25.9 Å². The van der Waals surface area contributed by atoms with Crippen LogP contribution in [-0.2, 0) is 0 Å². The van der Waals surface area contributed by atoms with Gasteiger partial charge in [0, 0.05) is 0 Å². The van der Waals surface area contributed by atoms with E-state index in [1.165, 1.54) is 25.4 Å². The highest BCUT2D eigenvalue weighted by Gasteiger charge is 1.89. The van der Waals surface area contributed by atoms with Gasteiger partial charge in [-0.15, -0.1) is 7.92 Å². The normalized spacial score (nSPS) is 10.5. The highest BCUT2D eigenvalue weighted by Crippen LogP contribution is 2.28. The molecule has 0 heterocycles. The highest BCUT2D eigenvalue weighted by atomic mass is 31.1. The molecule has 0 spiro atoms. The lowest BCUT2D eigenvalue weighted by molar-refractivity contribution is 0.776. The topological polar surface area (TPSA) is 0 Å². The molecule has 0 aromatic heterocycles. The fourth-order valence-electron chi connectivity index (χ4n) is 0.632. The molecular weight excluding hydrogens is 115 g/mol. The first-order valence-electron chi connectivity index (χ1n) is 3.29. The summed E-state index contributed by atoms with van der Waals surface area (Å²) < 4.78 is 0. The summed E-state index contributed by atoms with van der Waals surface area (Å²) in [6, 6.07) is 0. The van der Waals surface area contributed by atoms with E-state index in [0.717, 1.165) is 0 Å². The summed E-state index contributed by atoms with van der Waals surface area (Å²) in [7, 11) is 0.138. The van der Waals surface area contributed by atoms with E-state index in [1.54, 1.807) is 0 Å². The van der Waals surface area contributed by atoms with Crippen molar-refractivity contribution in [1.29, 1.82) is 0 Å². The zero-order valence-electron chi connectivity index (χ0n) is 5.98. The molecule has 0 fully saturated rings. The molecule has 0 N–H and O–H groups in total. The van der Waals surface area contributed by atoms with Crippen LogP contribution in [-0.4, -0.2) is 12.8 Å². The Bertz CT molecular complexity index is 41.7. The lowest BCUT2D eigenvalue weighted by atomic mass is 10.3. The van der Waals surface area contributed by atoms with Gasteiger partial charge < -0.3 is 0 Å². The van der Waals surface area contributed by atoms with Crippen molar-refractivity contribution in [3.05, 3.63) is 6.66 Å². The molecule has 0 amide bonds. The fraction of sp³-hybridized carbons (Fsp3) is 0.857. The van der Waals surface area contributed by atoms with E-state index in [2.05, 4.69) is 20.3 Å². The second-order valence-electron chi connectivity index (χ2n) is 2.29. The van der Waals surface area contributed by atoms with Crippen LogP contribution in [0.15, 0.2) is 0 Å². The zero-order chi connectivity index (χ0) is 6.41. The summed E-state index contributed by atoms with van der Waals surface area (Å²) in [5.74, 6) is 0. The summed E-state index contributed by atoms with van der Waals surface area (Å²) in [5.41, 5.74) is 0. The molecule has 0 aliphatic heterocycles. The Kier molecular flexibility index (Phi) is 5.86. The van der Waals surface area contributed by atoms with Crippen LogP contribution in [0, 0.1) is 6.66 Å². The van der Waals surface area contributed by atoms with Crippen LogP contribution in [0.2, 0.25) is 0 Å². The van der Waals surface area contributed by atoms with Crippen molar-refractivity contribution < 1.29 is 0 Å². The van der Waals surface area contributed by atoms with Crippen molar-refractivity contribution in [2.24, 2.45) is 0 Å². The van der Waals surface area contributed by atoms with E-state index < -0.39 is 0 Å². The van der Waals surface area contributed by atoms with E-state index >= 15 is 0 Å². The summed E-state index contributed by atoms with van der Waals surface area (Å²) in [6.07, 6.45) is 5.48. The predicted octanol–water partition coefficient (Wildman–Crippen LogP) is 3.08. The summed E-state index contributed by atoms with van der Waals surface area (Å²) in [6.45, 7) is 8.45. The number of hydrogen-bond acceptors (Lipinski definition) is 0. The van der Waals surface area contributed by atoms with E-state index in [-0.39, 0.29) is 7.92 Å². The molecule has 0 aliphatic carbocycles. The first-order valence-corrected chi connectivity index (χ1v) is 5.45. The van der Waals surface area contributed by atoms with Crippen molar-refractivity contribution in [1.82, 2.24) is 0 Å². The number of hydrogen-bond donors (Lipinski definition) is 0. The first-order chi connectivity index (χ1) is 3.77. The van der Waals surface area contributed by atoms with Gasteiger partial charge in [-0.25, -0.2) is 0 Å². The Morgan fingerprint density at radius 2 is 2.00 bits per heavy atom. The van der Waals surface area contributed by atoms with Crippen molar-refractivity contribution in [3.63, 3.8) is 0 Å². The monoisotopic (exact) mass is 131 g/mol. The van der Waals surface area contributed by atoms with E-state index in [9.17, 15) is 0 Å². The maximum absolute atomic E-state index is 3.98. The molecule has 0 aromatic rings. The molecule has 8 heavy (non-hydrogen) atoms. The van der Waals surface area contributed by atoms with Gasteiger partial charge in [0.2, 0.25) is 0 Å². The standard InChI is InChI=1S/C7H16P/c1-4-5-6-7-8(2)3/h2,4-7H2,1,3H3. The molecule has 0 saturated heterocycles. The zero-order valence-corrected chi connectivity index (χ0v) is 6.88. The van der Waals surface area contributed by atoms with Crippen LogP contribution < -0.4 is 0 Å². The third kappa shape index (κ3) is 6.43. The molecule has 1 atom stereocenters. The van der Waals surface area contributed by atoms with E-state index in [1.807, 2.05) is 0 Å². The summed E-state index contributed by atoms with van der Waals surface area (Å²) in [4.78, 5) is 0. The number of rotatable bonds is 4. The SMILES string of the molecule is [CH2]P(C)CCCCC. The van der Waals surface area contributed by atoms with Crippen LogP contribution in [0.5, 0.6) is 0 Å². The van der Waals surface area contributed by atoms with Crippen molar-refractivity contribution in [2.75, 3.05) is 12.8 Å². The van der Waals surface area contributed by atoms with Crippen LogP contribution in [0.25, 0.3) is 0 Å². The Balaban J connectivity index is 2.72. The Hall–Kier alpha value is 0.430. The molecule has 49 valence electrons. The van der Waals surface area contributed by atoms with Gasteiger partial charge in [-0.1, -0.05) is 19.8 Å². The molecule has 0 saturated carbocycles. The minimum Gasteiger partial charge on any atom is -0.110 e. The molecular formula is C7H16P. The lowest BCUT2D eigenvalue weighted by Crippen LogP contribution is -1.78. The third-order valence-electron chi connectivity index (χ3n) is 1.14. The van der Waals surface area contributed by atoms with E-state index in [0.29, 0.717) is 0 Å². The average molecular weight is 131 g/mol. The van der Waals surface area contributed by atoms with Gasteiger partial charge in [0.05, 0.1) is 0 Å². The minimum absolute atomic E-state index is 0.138. The Labute approximate surface area is 54.4 Å². The van der Waals surface area contributed by atoms with Gasteiger partial charge in [0.1, 0.15) is 0 Å². The van der Waals surface area contributed by atoms with Crippen LogP contribution in [0.1, 0.15) is 26.2 Å². The molecule has 1 heteroatoms. The second-order valence-corrected chi connectivity index (χ2v) is 4.45. The van der Waals surface area contributed by atoms with Gasteiger partial charge in [-0.3, -0.25) is 0 Å². The van der Waals surface area contributed by atoms with Crippen LogP contribution in [0.4, 0.5) is 0 Å². The maximum atomic E-state index is 3.98. The predicted molar refractivity (Wildman–Crippen MR) is 42.6 cm³/mol. The minimum atomic E-state index is 0.138. The van der Waals surface area contributed by atoms with Crippen LogP contribution in [0.3, 0.4) is 0 Å².